The van der Waals surface area contributed by atoms with Gasteiger partial charge in [-0.25, -0.2) is 18.5 Å². The molecular formula is C27H28N4O5S2. The summed E-state index contributed by atoms with van der Waals surface area (Å²) in [5.74, 6) is 0.283. The van der Waals surface area contributed by atoms with E-state index in [0.717, 1.165) is 16.9 Å². The molecule has 0 spiro atoms. The van der Waals surface area contributed by atoms with Gasteiger partial charge in [-0.1, -0.05) is 54.2 Å². The minimum Gasteiger partial charge on any atom is -0.497 e. The number of methoxy groups -OCH3 is 1. The van der Waals surface area contributed by atoms with Gasteiger partial charge in [0.25, 0.3) is 0 Å². The first kappa shape index (κ1) is 27.4. The number of para-hydroxylation sites is 1. The second-order valence-corrected chi connectivity index (χ2v) is 11.3. The molecule has 0 bridgehead atoms. The molecule has 1 atom stereocenters. The molecule has 2 amide bonds. The number of thioether (sulfide) groups is 1. The Bertz CT molecular complexity index is 1410. The van der Waals surface area contributed by atoms with Crippen molar-refractivity contribution < 1.29 is 22.7 Å². The van der Waals surface area contributed by atoms with Gasteiger partial charge in [0.2, 0.25) is 21.8 Å². The highest BCUT2D eigenvalue weighted by Gasteiger charge is 2.35. The van der Waals surface area contributed by atoms with Crippen LogP contribution in [0.3, 0.4) is 0 Å². The number of primary sulfonamides is 1. The van der Waals surface area contributed by atoms with Crippen LogP contribution < -0.4 is 15.2 Å². The number of hydrogen-bond acceptors (Lipinski definition) is 7. The van der Waals surface area contributed by atoms with E-state index in [1.165, 1.54) is 23.9 Å². The fourth-order valence-electron chi connectivity index (χ4n) is 3.81. The van der Waals surface area contributed by atoms with Crippen molar-refractivity contribution in [3.05, 3.63) is 90.0 Å². The number of hydrogen-bond donors (Lipinski definition) is 2. The average molecular weight is 553 g/mol. The van der Waals surface area contributed by atoms with Crippen LogP contribution in [-0.2, 0) is 32.6 Å². The third-order valence-corrected chi connectivity index (χ3v) is 7.99. The third-order valence-electron chi connectivity index (χ3n) is 5.88. The molecule has 38 heavy (non-hydrogen) atoms. The molecular weight excluding hydrogens is 524 g/mol. The zero-order valence-corrected chi connectivity index (χ0v) is 22.4. The van der Waals surface area contributed by atoms with Crippen LogP contribution in [0.1, 0.15) is 17.5 Å². The van der Waals surface area contributed by atoms with E-state index >= 15 is 0 Å². The molecule has 1 aliphatic rings. The first-order valence-electron chi connectivity index (χ1n) is 11.9. The Kier molecular flexibility index (Phi) is 8.82. The molecule has 1 aliphatic heterocycles. The number of ether oxygens (including phenoxy) is 1. The summed E-state index contributed by atoms with van der Waals surface area (Å²) in [6.07, 6.45) is 0.542. The SMILES string of the molecule is COc1ccc(CN2C(=O)C[C@H](C(=O)NCCc3ccc(S(N)(=O)=O)cc3)SC2=Nc2ccccc2)cc1. The largest absolute Gasteiger partial charge is 0.497 e. The number of aliphatic imine (C=N–C) groups is 1. The Morgan fingerprint density at radius 3 is 2.34 bits per heavy atom. The van der Waals surface area contributed by atoms with Crippen molar-refractivity contribution in [3.8, 4) is 5.75 Å². The maximum Gasteiger partial charge on any atom is 0.238 e. The maximum atomic E-state index is 13.2. The molecule has 0 aromatic heterocycles. The normalized spacial score (nSPS) is 16.9. The number of amidine groups is 1. The van der Waals surface area contributed by atoms with E-state index in [4.69, 9.17) is 9.88 Å². The van der Waals surface area contributed by atoms with Crippen LogP contribution in [0.15, 0.2) is 88.8 Å². The highest BCUT2D eigenvalue weighted by molar-refractivity contribution is 8.15. The van der Waals surface area contributed by atoms with Gasteiger partial charge in [-0.05, 0) is 53.9 Å². The Balaban J connectivity index is 1.43. The molecule has 0 radical (unpaired) electrons. The highest BCUT2D eigenvalue weighted by atomic mass is 32.2. The van der Waals surface area contributed by atoms with E-state index in [1.807, 2.05) is 54.6 Å². The van der Waals surface area contributed by atoms with Crippen LogP contribution in [0.4, 0.5) is 5.69 Å². The van der Waals surface area contributed by atoms with Gasteiger partial charge in [0.15, 0.2) is 5.17 Å². The molecule has 3 N–H and O–H groups in total. The number of nitrogens with zero attached hydrogens (tertiary/aromatic N) is 2. The van der Waals surface area contributed by atoms with Crippen molar-refractivity contribution in [3.63, 3.8) is 0 Å². The van der Waals surface area contributed by atoms with Crippen LogP contribution in [0.25, 0.3) is 0 Å². The van der Waals surface area contributed by atoms with Crippen molar-refractivity contribution in [1.82, 2.24) is 10.2 Å². The molecule has 0 aliphatic carbocycles. The number of nitrogens with two attached hydrogens (primary N) is 1. The first-order valence-corrected chi connectivity index (χ1v) is 14.3. The number of carbonyl (C=O) groups is 2. The van der Waals surface area contributed by atoms with E-state index in [2.05, 4.69) is 10.3 Å². The summed E-state index contributed by atoms with van der Waals surface area (Å²) in [5, 5.41) is 7.85. The zero-order valence-electron chi connectivity index (χ0n) is 20.7. The minimum atomic E-state index is -3.75. The fourth-order valence-corrected chi connectivity index (χ4v) is 5.45. The van der Waals surface area contributed by atoms with Crippen LogP contribution in [0.2, 0.25) is 0 Å². The van der Waals surface area contributed by atoms with Gasteiger partial charge in [0.1, 0.15) is 5.75 Å². The standard InChI is InChI=1S/C27H28N4O5S2/c1-36-22-11-7-20(8-12-22)18-31-25(32)17-24(37-27(31)30-21-5-3-2-4-6-21)26(33)29-16-15-19-9-13-23(14-10-19)38(28,34)35/h2-14,24H,15-18H2,1H3,(H,29,33)(H2,28,34,35)/t24-/m1/s1. The number of carbonyl (C=O) groups excluding carboxylic acids is 2. The number of nitrogens with one attached hydrogen (secondary N) is 1. The lowest BCUT2D eigenvalue weighted by Crippen LogP contribution is -2.46. The molecule has 198 valence electrons. The van der Waals surface area contributed by atoms with Crippen molar-refractivity contribution >= 4 is 44.5 Å². The van der Waals surface area contributed by atoms with Crippen molar-refractivity contribution in [2.75, 3.05) is 13.7 Å². The molecule has 4 rings (SSSR count). The van der Waals surface area contributed by atoms with Gasteiger partial charge in [-0.3, -0.25) is 14.5 Å². The first-order chi connectivity index (χ1) is 18.2. The van der Waals surface area contributed by atoms with Gasteiger partial charge < -0.3 is 10.1 Å². The van der Waals surface area contributed by atoms with Gasteiger partial charge in [-0.2, -0.15) is 0 Å². The lowest BCUT2D eigenvalue weighted by molar-refractivity contribution is -0.130. The van der Waals surface area contributed by atoms with E-state index < -0.39 is 15.3 Å². The van der Waals surface area contributed by atoms with E-state index in [0.29, 0.717) is 30.4 Å². The maximum absolute atomic E-state index is 13.2. The predicted molar refractivity (Wildman–Crippen MR) is 148 cm³/mol. The van der Waals surface area contributed by atoms with Crippen molar-refractivity contribution in [2.24, 2.45) is 10.1 Å². The second-order valence-electron chi connectivity index (χ2n) is 8.60. The summed E-state index contributed by atoms with van der Waals surface area (Å²) >= 11 is 1.26. The van der Waals surface area contributed by atoms with Gasteiger partial charge >= 0.3 is 0 Å². The Morgan fingerprint density at radius 2 is 1.71 bits per heavy atom. The number of sulfonamides is 1. The lowest BCUT2D eigenvalue weighted by atomic mass is 10.1. The van der Waals surface area contributed by atoms with Crippen LogP contribution >= 0.6 is 11.8 Å². The summed E-state index contributed by atoms with van der Waals surface area (Å²) in [4.78, 5) is 32.5. The van der Waals surface area contributed by atoms with Crippen LogP contribution in [0, 0.1) is 0 Å². The van der Waals surface area contributed by atoms with Gasteiger partial charge in [-0.15, -0.1) is 0 Å². The Morgan fingerprint density at radius 1 is 1.05 bits per heavy atom. The molecule has 1 saturated heterocycles. The Hall–Kier alpha value is -3.67. The predicted octanol–water partition coefficient (Wildman–Crippen LogP) is 3.22. The molecule has 3 aromatic rings. The molecule has 0 saturated carbocycles. The third kappa shape index (κ3) is 7.21. The topological polar surface area (TPSA) is 131 Å². The highest BCUT2D eigenvalue weighted by Crippen LogP contribution is 2.30. The zero-order chi connectivity index (χ0) is 27.1. The molecule has 3 aromatic carbocycles. The van der Waals surface area contributed by atoms with Crippen LogP contribution in [-0.4, -0.2) is 49.2 Å². The van der Waals surface area contributed by atoms with E-state index in [-0.39, 0.29) is 23.1 Å². The molecule has 1 heterocycles. The Labute approximate surface area is 226 Å². The van der Waals surface area contributed by atoms with Gasteiger partial charge in [0, 0.05) is 13.0 Å². The minimum absolute atomic E-state index is 0.0341. The summed E-state index contributed by atoms with van der Waals surface area (Å²) in [6, 6.07) is 22.9. The summed E-state index contributed by atoms with van der Waals surface area (Å²) in [6.45, 7) is 0.657. The lowest BCUT2D eigenvalue weighted by Gasteiger charge is -2.32. The van der Waals surface area contributed by atoms with E-state index in [1.54, 1.807) is 24.1 Å². The smallest absolute Gasteiger partial charge is 0.238 e. The quantitative estimate of drug-likeness (QED) is 0.419. The van der Waals surface area contributed by atoms with Gasteiger partial charge in [0.05, 0.1) is 29.5 Å². The molecule has 9 nitrogen and oxygen atoms in total. The van der Waals surface area contributed by atoms with Crippen LogP contribution in [0.5, 0.6) is 5.75 Å². The average Bonchev–Trinajstić information content (AvgIpc) is 2.91. The summed E-state index contributed by atoms with van der Waals surface area (Å²) < 4.78 is 28.0. The van der Waals surface area contributed by atoms with Crippen molar-refractivity contribution in [2.45, 2.75) is 29.5 Å². The van der Waals surface area contributed by atoms with Crippen molar-refractivity contribution in [1.29, 1.82) is 0 Å². The van der Waals surface area contributed by atoms with E-state index in [9.17, 15) is 18.0 Å². The molecule has 11 heteroatoms. The molecule has 0 unspecified atom stereocenters. The number of amides is 2. The molecule has 1 fully saturated rings. The second kappa shape index (κ2) is 12.2. The summed E-state index contributed by atoms with van der Waals surface area (Å²) in [5.41, 5.74) is 2.45. The number of rotatable bonds is 9. The fraction of sp³-hybridized carbons (Fsp3) is 0.222. The number of benzene rings is 3. The monoisotopic (exact) mass is 552 g/mol. The summed E-state index contributed by atoms with van der Waals surface area (Å²) in [7, 11) is -2.16.